The summed E-state index contributed by atoms with van der Waals surface area (Å²) in [7, 11) is 0. The number of nitriles is 1. The molecular formula is C16H18N6OS. The first kappa shape index (κ1) is 16.5. The van der Waals surface area contributed by atoms with Crippen LogP contribution < -0.4 is 5.32 Å². The minimum atomic E-state index is -0.697. The Balaban J connectivity index is 1.55. The first-order valence-electron chi connectivity index (χ1n) is 7.89. The minimum Gasteiger partial charge on any atom is -0.337 e. The van der Waals surface area contributed by atoms with E-state index in [0.29, 0.717) is 11.0 Å². The van der Waals surface area contributed by atoms with Crippen molar-refractivity contribution in [2.45, 2.75) is 42.8 Å². The molecule has 2 heterocycles. The second-order valence-electron chi connectivity index (χ2n) is 5.79. The number of amides is 1. The molecule has 8 heteroatoms. The smallest absolute Gasteiger partial charge is 0.231 e. The zero-order valence-electron chi connectivity index (χ0n) is 13.2. The van der Waals surface area contributed by atoms with E-state index in [1.165, 1.54) is 11.8 Å². The molecule has 3 rings (SSSR count). The molecule has 1 amide bonds. The predicted molar refractivity (Wildman–Crippen MR) is 89.9 cm³/mol. The van der Waals surface area contributed by atoms with Gasteiger partial charge in [-0.2, -0.15) is 5.26 Å². The zero-order valence-corrected chi connectivity index (χ0v) is 14.0. The van der Waals surface area contributed by atoms with Crippen molar-refractivity contribution in [1.29, 1.82) is 5.26 Å². The van der Waals surface area contributed by atoms with Gasteiger partial charge < -0.3 is 5.32 Å². The molecule has 2 aromatic heterocycles. The lowest BCUT2D eigenvalue weighted by molar-refractivity contribution is -0.120. The first-order chi connectivity index (χ1) is 11.7. The fourth-order valence-electron chi connectivity index (χ4n) is 2.80. The second-order valence-corrected chi connectivity index (χ2v) is 6.74. The van der Waals surface area contributed by atoms with Crippen LogP contribution in [-0.2, 0) is 4.79 Å². The Bertz CT molecular complexity index is 733. The number of H-pyrrole nitrogens is 1. The van der Waals surface area contributed by atoms with Gasteiger partial charge in [-0.3, -0.25) is 14.9 Å². The number of pyridine rings is 1. The standard InChI is InChI=1S/C16H18N6OS/c17-11-16(6-2-1-3-7-16)20-13(23)10-24-15-19-14(21-22-15)12-4-8-18-9-5-12/h4-5,8-9H,1-3,6-7,10H2,(H,20,23)(H,19,21,22). The van der Waals surface area contributed by atoms with Crippen molar-refractivity contribution in [2.24, 2.45) is 0 Å². The Morgan fingerprint density at radius 2 is 2.08 bits per heavy atom. The van der Waals surface area contributed by atoms with Gasteiger partial charge in [0.2, 0.25) is 11.1 Å². The Morgan fingerprint density at radius 3 is 2.79 bits per heavy atom. The highest BCUT2D eigenvalue weighted by Gasteiger charge is 2.33. The van der Waals surface area contributed by atoms with Crippen molar-refractivity contribution in [3.05, 3.63) is 24.5 Å². The SMILES string of the molecule is N#CC1(NC(=O)CSc2n[nH]c(-c3ccncc3)n2)CCCCC1. The third-order valence-electron chi connectivity index (χ3n) is 4.05. The third-order valence-corrected chi connectivity index (χ3v) is 4.90. The Kier molecular flexibility index (Phi) is 5.11. The van der Waals surface area contributed by atoms with Crippen LogP contribution in [0, 0.1) is 11.3 Å². The van der Waals surface area contributed by atoms with Crippen molar-refractivity contribution in [2.75, 3.05) is 5.75 Å². The van der Waals surface area contributed by atoms with Gasteiger partial charge in [-0.1, -0.05) is 31.0 Å². The summed E-state index contributed by atoms with van der Waals surface area (Å²) in [6.07, 6.45) is 7.92. The van der Waals surface area contributed by atoms with Crippen LogP contribution in [0.4, 0.5) is 0 Å². The number of hydrogen-bond acceptors (Lipinski definition) is 6. The maximum absolute atomic E-state index is 12.2. The number of hydrogen-bond donors (Lipinski definition) is 2. The number of carbonyl (C=O) groups is 1. The van der Waals surface area contributed by atoms with Crippen LogP contribution in [0.1, 0.15) is 32.1 Å². The molecule has 0 unspecified atom stereocenters. The first-order valence-corrected chi connectivity index (χ1v) is 8.87. The number of aromatic amines is 1. The van der Waals surface area contributed by atoms with Gasteiger partial charge >= 0.3 is 0 Å². The molecule has 2 aromatic rings. The van der Waals surface area contributed by atoms with E-state index in [4.69, 9.17) is 0 Å². The van der Waals surface area contributed by atoms with Gasteiger partial charge in [-0.15, -0.1) is 5.10 Å². The van der Waals surface area contributed by atoms with Gasteiger partial charge in [-0.25, -0.2) is 4.98 Å². The van der Waals surface area contributed by atoms with E-state index in [0.717, 1.165) is 37.7 Å². The number of nitrogens with one attached hydrogen (secondary N) is 2. The lowest BCUT2D eigenvalue weighted by Crippen LogP contribution is -2.49. The number of carbonyl (C=O) groups excluding carboxylic acids is 1. The highest BCUT2D eigenvalue weighted by atomic mass is 32.2. The summed E-state index contributed by atoms with van der Waals surface area (Å²) in [6.45, 7) is 0. The fourth-order valence-corrected chi connectivity index (χ4v) is 3.40. The lowest BCUT2D eigenvalue weighted by atomic mass is 9.83. The van der Waals surface area contributed by atoms with E-state index in [1.54, 1.807) is 12.4 Å². The van der Waals surface area contributed by atoms with Crippen LogP contribution in [0.2, 0.25) is 0 Å². The summed E-state index contributed by atoms with van der Waals surface area (Å²) >= 11 is 1.25. The number of aromatic nitrogens is 4. The Labute approximate surface area is 144 Å². The maximum atomic E-state index is 12.2. The molecule has 0 bridgehead atoms. The number of nitrogens with zero attached hydrogens (tertiary/aromatic N) is 4. The summed E-state index contributed by atoms with van der Waals surface area (Å²) in [5.41, 5.74) is 0.191. The van der Waals surface area contributed by atoms with E-state index in [1.807, 2.05) is 12.1 Å². The molecule has 1 aliphatic rings. The molecule has 7 nitrogen and oxygen atoms in total. The van der Waals surface area contributed by atoms with Crippen molar-refractivity contribution >= 4 is 17.7 Å². The molecule has 124 valence electrons. The molecule has 0 aliphatic heterocycles. The van der Waals surface area contributed by atoms with Gasteiger partial charge in [0.05, 0.1) is 11.8 Å². The van der Waals surface area contributed by atoms with Crippen LogP contribution >= 0.6 is 11.8 Å². The van der Waals surface area contributed by atoms with E-state index < -0.39 is 5.54 Å². The van der Waals surface area contributed by atoms with Crippen LogP contribution in [0.25, 0.3) is 11.4 Å². The van der Waals surface area contributed by atoms with Crippen molar-refractivity contribution in [3.63, 3.8) is 0 Å². The highest BCUT2D eigenvalue weighted by Crippen LogP contribution is 2.28. The summed E-state index contributed by atoms with van der Waals surface area (Å²) in [5.74, 6) is 0.677. The van der Waals surface area contributed by atoms with Crippen LogP contribution in [0.5, 0.6) is 0 Å². The molecule has 0 atom stereocenters. The topological polar surface area (TPSA) is 107 Å². The molecule has 1 saturated carbocycles. The average Bonchev–Trinajstić information content (AvgIpc) is 3.11. The number of rotatable bonds is 5. The van der Waals surface area contributed by atoms with Crippen molar-refractivity contribution in [1.82, 2.24) is 25.5 Å². The van der Waals surface area contributed by atoms with Gasteiger partial charge in [0.1, 0.15) is 5.54 Å². The quantitative estimate of drug-likeness (QED) is 0.807. The van der Waals surface area contributed by atoms with Gasteiger partial charge in [-0.05, 0) is 25.0 Å². The normalized spacial score (nSPS) is 16.3. The number of thioether (sulfide) groups is 1. The van der Waals surface area contributed by atoms with Crippen LogP contribution in [-0.4, -0.2) is 37.4 Å². The molecule has 1 aliphatic carbocycles. The largest absolute Gasteiger partial charge is 0.337 e. The van der Waals surface area contributed by atoms with Crippen molar-refractivity contribution in [3.8, 4) is 17.5 Å². The summed E-state index contributed by atoms with van der Waals surface area (Å²) in [4.78, 5) is 20.5. The highest BCUT2D eigenvalue weighted by molar-refractivity contribution is 7.99. The third kappa shape index (κ3) is 3.92. The van der Waals surface area contributed by atoms with Gasteiger partial charge in [0.25, 0.3) is 0 Å². The van der Waals surface area contributed by atoms with Crippen molar-refractivity contribution < 1.29 is 4.79 Å². The predicted octanol–water partition coefficient (Wildman–Crippen LogP) is 2.30. The maximum Gasteiger partial charge on any atom is 0.231 e. The zero-order chi connectivity index (χ0) is 16.8. The summed E-state index contributed by atoms with van der Waals surface area (Å²) in [6, 6.07) is 5.96. The Morgan fingerprint density at radius 1 is 1.33 bits per heavy atom. The van der Waals surface area contributed by atoms with Crippen LogP contribution in [0.15, 0.2) is 29.7 Å². The molecule has 0 aromatic carbocycles. The summed E-state index contributed by atoms with van der Waals surface area (Å²) < 4.78 is 0. The molecule has 24 heavy (non-hydrogen) atoms. The lowest BCUT2D eigenvalue weighted by Gasteiger charge is -2.31. The monoisotopic (exact) mass is 342 g/mol. The van der Waals surface area contributed by atoms with Crippen LogP contribution in [0.3, 0.4) is 0 Å². The van der Waals surface area contributed by atoms with E-state index in [-0.39, 0.29) is 11.7 Å². The van der Waals surface area contributed by atoms with E-state index in [2.05, 4.69) is 31.6 Å². The molecule has 0 radical (unpaired) electrons. The van der Waals surface area contributed by atoms with Gasteiger partial charge in [0.15, 0.2) is 5.82 Å². The molecule has 0 spiro atoms. The Hall–Kier alpha value is -2.40. The molecular weight excluding hydrogens is 324 g/mol. The minimum absolute atomic E-state index is 0.154. The fraction of sp³-hybridized carbons (Fsp3) is 0.438. The molecule has 2 N–H and O–H groups in total. The van der Waals surface area contributed by atoms with E-state index in [9.17, 15) is 10.1 Å². The molecule has 1 fully saturated rings. The van der Waals surface area contributed by atoms with E-state index >= 15 is 0 Å². The van der Waals surface area contributed by atoms with Gasteiger partial charge in [0, 0.05) is 18.0 Å². The average molecular weight is 342 g/mol. The second kappa shape index (κ2) is 7.45. The summed E-state index contributed by atoms with van der Waals surface area (Å²) in [5, 5.41) is 19.8. The molecule has 0 saturated heterocycles.